The lowest BCUT2D eigenvalue weighted by atomic mass is 9.81. The van der Waals surface area contributed by atoms with Crippen molar-refractivity contribution < 1.29 is 38.3 Å². The minimum Gasteiger partial charge on any atom is -0.497 e. The van der Waals surface area contributed by atoms with E-state index in [1.54, 1.807) is 21.3 Å². The summed E-state index contributed by atoms with van der Waals surface area (Å²) in [6, 6.07) is 5.56. The van der Waals surface area contributed by atoms with Crippen LogP contribution in [-0.2, 0) is 30.3 Å². The maximum atomic E-state index is 10.6. The van der Waals surface area contributed by atoms with Gasteiger partial charge in [-0.3, -0.25) is 0 Å². The summed E-state index contributed by atoms with van der Waals surface area (Å²) < 4.78 is 38.4. The van der Waals surface area contributed by atoms with Crippen molar-refractivity contribution in [2.24, 2.45) is 5.92 Å². The van der Waals surface area contributed by atoms with Gasteiger partial charge in [-0.15, -0.1) is 0 Å². The van der Waals surface area contributed by atoms with E-state index in [4.69, 9.17) is 33.2 Å². The highest BCUT2D eigenvalue weighted by Crippen LogP contribution is 2.35. The molecular weight excluding hydrogens is 356 g/mol. The lowest BCUT2D eigenvalue weighted by Crippen LogP contribution is -2.54. The summed E-state index contributed by atoms with van der Waals surface area (Å²) in [7, 11) is 4.81. The maximum Gasteiger partial charge on any atom is 0.148 e. The summed E-state index contributed by atoms with van der Waals surface area (Å²) in [6.45, 7) is 1.04. The number of ether oxygens (including phenoxy) is 7. The first-order valence-corrected chi connectivity index (χ1v) is 8.98. The summed E-state index contributed by atoms with van der Waals surface area (Å²) in [5.74, 6) is 1.33. The number of benzene rings is 1. The molecule has 27 heavy (non-hydrogen) atoms. The third-order valence-electron chi connectivity index (χ3n) is 5.04. The molecule has 1 aliphatic heterocycles. The minimum absolute atomic E-state index is 0.133. The van der Waals surface area contributed by atoms with Gasteiger partial charge in [0.15, 0.2) is 0 Å². The van der Waals surface area contributed by atoms with Gasteiger partial charge in [0.05, 0.1) is 39.6 Å². The normalized spacial score (nSPS) is 30.1. The van der Waals surface area contributed by atoms with Crippen LogP contribution in [0.15, 0.2) is 18.2 Å². The van der Waals surface area contributed by atoms with Crippen LogP contribution in [0.2, 0.25) is 0 Å². The number of hydrogen-bond donors (Lipinski definition) is 1. The molecule has 1 heterocycles. The molecule has 1 saturated heterocycles. The van der Waals surface area contributed by atoms with Gasteiger partial charge < -0.3 is 38.3 Å². The molecule has 2 fully saturated rings. The zero-order chi connectivity index (χ0) is 19.2. The van der Waals surface area contributed by atoms with E-state index in [-0.39, 0.29) is 31.7 Å². The van der Waals surface area contributed by atoms with Crippen LogP contribution in [0.25, 0.3) is 0 Å². The van der Waals surface area contributed by atoms with Crippen LogP contribution in [0.5, 0.6) is 11.5 Å². The smallest absolute Gasteiger partial charge is 0.148 e. The van der Waals surface area contributed by atoms with Crippen molar-refractivity contribution in [1.29, 1.82) is 0 Å². The van der Waals surface area contributed by atoms with Crippen LogP contribution in [0.3, 0.4) is 0 Å². The summed E-state index contributed by atoms with van der Waals surface area (Å²) in [6.07, 6.45) is -0.983. The van der Waals surface area contributed by atoms with Crippen molar-refractivity contribution in [3.8, 4) is 11.5 Å². The molecule has 8 heteroatoms. The average Bonchev–Trinajstić information content (AvgIpc) is 3.19. The van der Waals surface area contributed by atoms with Crippen molar-refractivity contribution in [2.45, 2.75) is 37.4 Å². The molecule has 1 aromatic carbocycles. The van der Waals surface area contributed by atoms with E-state index in [1.807, 2.05) is 18.2 Å². The van der Waals surface area contributed by atoms with Crippen molar-refractivity contribution in [2.75, 3.05) is 41.5 Å². The average molecular weight is 384 g/mol. The number of rotatable bonds is 9. The molecule has 5 atom stereocenters. The highest BCUT2D eigenvalue weighted by molar-refractivity contribution is 5.39. The lowest BCUT2D eigenvalue weighted by Gasteiger charge is -2.39. The predicted octanol–water partition coefficient (Wildman–Crippen LogP) is 1.33. The van der Waals surface area contributed by atoms with Gasteiger partial charge in [-0.05, 0) is 24.6 Å². The molecular formula is C19H28O8. The van der Waals surface area contributed by atoms with Crippen LogP contribution in [0, 0.1) is 5.92 Å². The highest BCUT2D eigenvalue weighted by Gasteiger charge is 2.49. The van der Waals surface area contributed by atoms with E-state index in [1.165, 1.54) is 0 Å². The molecule has 0 aromatic heterocycles. The molecule has 0 radical (unpaired) electrons. The van der Waals surface area contributed by atoms with Crippen molar-refractivity contribution >= 4 is 0 Å². The minimum atomic E-state index is -0.674. The Hall–Kier alpha value is -1.42. The standard InChI is InChI=1S/C19H28O8/c1-21-10-25-16-7-13(17(20)19-18(16)26-11-27-19)9-24-8-12-6-14(22-2)4-5-15(12)23-3/h4-6,13,16-20H,7-11H2,1-3H3/t13-,16+,17-,18-,19+/m0/s1. The molecule has 1 aromatic rings. The molecule has 0 unspecified atom stereocenters. The van der Waals surface area contributed by atoms with E-state index in [0.29, 0.717) is 19.6 Å². The van der Waals surface area contributed by atoms with E-state index in [9.17, 15) is 5.11 Å². The van der Waals surface area contributed by atoms with Crippen LogP contribution in [0.4, 0.5) is 0 Å². The van der Waals surface area contributed by atoms with Crippen LogP contribution < -0.4 is 9.47 Å². The maximum absolute atomic E-state index is 10.6. The second kappa shape index (κ2) is 9.68. The SMILES string of the molecule is COCO[C@@H]1C[C@@H](COCc2cc(OC)ccc2OC)[C@H](O)[C@H]2OCO[C@H]21. The quantitative estimate of drug-likeness (QED) is 0.639. The fourth-order valence-corrected chi connectivity index (χ4v) is 3.64. The van der Waals surface area contributed by atoms with E-state index in [2.05, 4.69) is 0 Å². The summed E-state index contributed by atoms with van der Waals surface area (Å²) in [5, 5.41) is 10.6. The Morgan fingerprint density at radius 3 is 2.67 bits per heavy atom. The van der Waals surface area contributed by atoms with Crippen LogP contribution in [-0.4, -0.2) is 71.0 Å². The topological polar surface area (TPSA) is 84.8 Å². The summed E-state index contributed by atoms with van der Waals surface area (Å²) in [4.78, 5) is 0. The Labute approximate surface area is 159 Å². The zero-order valence-electron chi connectivity index (χ0n) is 16.0. The first kappa shape index (κ1) is 20.3. The summed E-state index contributed by atoms with van der Waals surface area (Å²) >= 11 is 0. The van der Waals surface area contributed by atoms with Gasteiger partial charge in [-0.2, -0.15) is 0 Å². The Kier molecular flexibility index (Phi) is 7.28. The first-order valence-electron chi connectivity index (χ1n) is 8.98. The molecule has 0 bridgehead atoms. The first-order chi connectivity index (χ1) is 13.2. The van der Waals surface area contributed by atoms with Gasteiger partial charge in [0.25, 0.3) is 0 Å². The second-order valence-corrected chi connectivity index (χ2v) is 6.67. The Morgan fingerprint density at radius 2 is 1.93 bits per heavy atom. The van der Waals surface area contributed by atoms with Gasteiger partial charge in [0.2, 0.25) is 0 Å². The number of hydrogen-bond acceptors (Lipinski definition) is 8. The Bertz CT molecular complexity index is 595. The lowest BCUT2D eigenvalue weighted by molar-refractivity contribution is -0.168. The second-order valence-electron chi connectivity index (χ2n) is 6.67. The third kappa shape index (κ3) is 4.71. The van der Waals surface area contributed by atoms with Gasteiger partial charge >= 0.3 is 0 Å². The molecule has 0 spiro atoms. The number of methoxy groups -OCH3 is 3. The molecule has 8 nitrogen and oxygen atoms in total. The fraction of sp³-hybridized carbons (Fsp3) is 0.684. The number of aliphatic hydroxyl groups excluding tert-OH is 1. The molecule has 1 aliphatic carbocycles. The van der Waals surface area contributed by atoms with E-state index < -0.39 is 12.2 Å². The van der Waals surface area contributed by atoms with Crippen LogP contribution in [0.1, 0.15) is 12.0 Å². The monoisotopic (exact) mass is 384 g/mol. The van der Waals surface area contributed by atoms with Crippen molar-refractivity contribution in [1.82, 2.24) is 0 Å². The summed E-state index contributed by atoms with van der Waals surface area (Å²) in [5.41, 5.74) is 0.882. The van der Waals surface area contributed by atoms with Crippen molar-refractivity contribution in [3.63, 3.8) is 0 Å². The zero-order valence-corrected chi connectivity index (χ0v) is 16.0. The van der Waals surface area contributed by atoms with Gasteiger partial charge in [-0.25, -0.2) is 0 Å². The number of fused-ring (bicyclic) bond motifs is 1. The van der Waals surface area contributed by atoms with Gasteiger partial charge in [0.1, 0.15) is 37.3 Å². The molecule has 3 rings (SSSR count). The number of aliphatic hydroxyl groups is 1. The third-order valence-corrected chi connectivity index (χ3v) is 5.04. The molecule has 1 N–H and O–H groups in total. The molecule has 0 amide bonds. The van der Waals surface area contributed by atoms with Crippen molar-refractivity contribution in [3.05, 3.63) is 23.8 Å². The molecule has 2 aliphatic rings. The predicted molar refractivity (Wildman–Crippen MR) is 94.7 cm³/mol. The molecule has 152 valence electrons. The largest absolute Gasteiger partial charge is 0.497 e. The molecule has 1 saturated carbocycles. The van der Waals surface area contributed by atoms with Gasteiger partial charge in [0, 0.05) is 18.6 Å². The van der Waals surface area contributed by atoms with Crippen LogP contribution >= 0.6 is 0 Å². The Balaban J connectivity index is 1.60. The fourth-order valence-electron chi connectivity index (χ4n) is 3.64. The van der Waals surface area contributed by atoms with E-state index >= 15 is 0 Å². The van der Waals surface area contributed by atoms with E-state index in [0.717, 1.165) is 17.1 Å². The van der Waals surface area contributed by atoms with Gasteiger partial charge in [-0.1, -0.05) is 0 Å². The highest BCUT2D eigenvalue weighted by atomic mass is 16.7. The Morgan fingerprint density at radius 1 is 1.11 bits per heavy atom.